The molecule has 0 bridgehead atoms. The van der Waals surface area contributed by atoms with Gasteiger partial charge in [-0.25, -0.2) is 4.98 Å². The Morgan fingerprint density at radius 2 is 1.73 bits per heavy atom. The first-order valence-electron chi connectivity index (χ1n) is 8.84. The second kappa shape index (κ2) is 7.16. The van der Waals surface area contributed by atoms with Gasteiger partial charge in [0.05, 0.1) is 6.61 Å². The molecular formula is C17H28N4O. The average molecular weight is 304 g/mol. The summed E-state index contributed by atoms with van der Waals surface area (Å²) in [5, 5.41) is 3.53. The van der Waals surface area contributed by atoms with Crippen LogP contribution in [0.3, 0.4) is 0 Å². The van der Waals surface area contributed by atoms with Gasteiger partial charge in [0.25, 0.3) is 0 Å². The molecule has 3 rings (SSSR count). The molecule has 0 aliphatic heterocycles. The van der Waals surface area contributed by atoms with Gasteiger partial charge in [-0.15, -0.1) is 0 Å². The Labute approximate surface area is 133 Å². The van der Waals surface area contributed by atoms with Crippen molar-refractivity contribution in [3.63, 3.8) is 0 Å². The third kappa shape index (κ3) is 3.45. The van der Waals surface area contributed by atoms with Crippen molar-refractivity contribution in [1.29, 1.82) is 0 Å². The van der Waals surface area contributed by atoms with Gasteiger partial charge >= 0.3 is 0 Å². The van der Waals surface area contributed by atoms with Crippen LogP contribution in [0.1, 0.15) is 76.5 Å². The van der Waals surface area contributed by atoms with Gasteiger partial charge < -0.3 is 15.8 Å². The number of rotatable bonds is 5. The molecule has 22 heavy (non-hydrogen) atoms. The van der Waals surface area contributed by atoms with E-state index < -0.39 is 0 Å². The zero-order valence-electron chi connectivity index (χ0n) is 13.6. The number of nitrogen functional groups attached to an aromatic ring is 1. The highest BCUT2D eigenvalue weighted by atomic mass is 16.5. The number of hydrogen-bond acceptors (Lipinski definition) is 5. The number of nitrogens with zero attached hydrogens (tertiary/aromatic N) is 2. The summed E-state index contributed by atoms with van der Waals surface area (Å²) in [6.07, 6.45) is 11.2. The van der Waals surface area contributed by atoms with Crippen LogP contribution < -0.4 is 15.8 Å². The fourth-order valence-corrected chi connectivity index (χ4v) is 3.63. The van der Waals surface area contributed by atoms with E-state index in [0.717, 1.165) is 11.6 Å². The van der Waals surface area contributed by atoms with E-state index >= 15 is 0 Å². The van der Waals surface area contributed by atoms with Gasteiger partial charge in [0, 0.05) is 12.0 Å². The quantitative estimate of drug-likeness (QED) is 0.864. The molecule has 0 amide bonds. The van der Waals surface area contributed by atoms with Crippen LogP contribution in [-0.4, -0.2) is 22.6 Å². The first kappa shape index (κ1) is 15.4. The van der Waals surface area contributed by atoms with E-state index in [1.54, 1.807) is 0 Å². The maximum atomic E-state index is 6.23. The van der Waals surface area contributed by atoms with E-state index in [9.17, 15) is 0 Å². The van der Waals surface area contributed by atoms with Crippen LogP contribution in [0.25, 0.3) is 0 Å². The summed E-state index contributed by atoms with van der Waals surface area (Å²) < 4.78 is 5.66. The van der Waals surface area contributed by atoms with Crippen LogP contribution in [0, 0.1) is 0 Å². The third-order valence-corrected chi connectivity index (χ3v) is 4.88. The lowest BCUT2D eigenvalue weighted by Gasteiger charge is -2.23. The van der Waals surface area contributed by atoms with Gasteiger partial charge in [-0.2, -0.15) is 4.98 Å². The minimum atomic E-state index is 0.456. The topological polar surface area (TPSA) is 73.1 Å². The predicted octanol–water partition coefficient (Wildman–Crippen LogP) is 3.86. The summed E-state index contributed by atoms with van der Waals surface area (Å²) in [4.78, 5) is 9.40. The number of nitrogens with two attached hydrogens (primary N) is 1. The van der Waals surface area contributed by atoms with Crippen LogP contribution in [0.15, 0.2) is 0 Å². The SMILES string of the molecule is CCOc1nc(C2CCCCC2)nc(NC2CCCC2)c1N. The minimum absolute atomic E-state index is 0.456. The highest BCUT2D eigenvalue weighted by Gasteiger charge is 2.24. The summed E-state index contributed by atoms with van der Waals surface area (Å²) in [6.45, 7) is 2.54. The largest absolute Gasteiger partial charge is 0.476 e. The molecule has 0 saturated heterocycles. The molecule has 2 fully saturated rings. The van der Waals surface area contributed by atoms with Crippen LogP contribution in [-0.2, 0) is 0 Å². The van der Waals surface area contributed by atoms with Crippen molar-refractivity contribution in [2.24, 2.45) is 0 Å². The number of nitrogens with one attached hydrogen (secondary N) is 1. The fraction of sp³-hybridized carbons (Fsp3) is 0.765. The summed E-state index contributed by atoms with van der Waals surface area (Å²) in [5.41, 5.74) is 6.80. The van der Waals surface area contributed by atoms with Crippen LogP contribution in [0.2, 0.25) is 0 Å². The normalized spacial score (nSPS) is 20.2. The predicted molar refractivity (Wildman–Crippen MR) is 89.3 cm³/mol. The molecule has 0 unspecified atom stereocenters. The van der Waals surface area contributed by atoms with E-state index in [4.69, 9.17) is 15.5 Å². The zero-order chi connectivity index (χ0) is 15.4. The molecule has 2 aliphatic rings. The molecule has 1 aromatic heterocycles. The fourth-order valence-electron chi connectivity index (χ4n) is 3.63. The van der Waals surface area contributed by atoms with Gasteiger partial charge in [-0.3, -0.25) is 0 Å². The molecule has 0 aromatic carbocycles. The number of aromatic nitrogens is 2. The Kier molecular flexibility index (Phi) is 5.01. The molecule has 1 aromatic rings. The van der Waals surface area contributed by atoms with Crippen molar-refractivity contribution in [2.45, 2.75) is 76.7 Å². The number of ether oxygens (including phenoxy) is 1. The van der Waals surface area contributed by atoms with E-state index in [-0.39, 0.29) is 0 Å². The molecule has 2 saturated carbocycles. The standard InChI is InChI=1S/C17H28N4O/c1-2-22-17-14(18)16(19-13-10-6-7-11-13)20-15(21-17)12-8-4-3-5-9-12/h12-13H,2-11,18H2,1H3,(H,19,20,21). The van der Waals surface area contributed by atoms with Gasteiger partial charge in [-0.1, -0.05) is 32.1 Å². The molecule has 0 radical (unpaired) electrons. The van der Waals surface area contributed by atoms with Crippen LogP contribution in [0.4, 0.5) is 11.5 Å². The first-order valence-corrected chi connectivity index (χ1v) is 8.84. The molecule has 1 heterocycles. The Morgan fingerprint density at radius 3 is 2.41 bits per heavy atom. The number of anilines is 2. The van der Waals surface area contributed by atoms with Crippen molar-refractivity contribution in [1.82, 2.24) is 9.97 Å². The monoisotopic (exact) mass is 304 g/mol. The smallest absolute Gasteiger partial charge is 0.242 e. The molecule has 5 heteroatoms. The Morgan fingerprint density at radius 1 is 1.05 bits per heavy atom. The first-order chi connectivity index (χ1) is 10.8. The molecular weight excluding hydrogens is 276 g/mol. The van der Waals surface area contributed by atoms with E-state index in [2.05, 4.69) is 10.3 Å². The molecule has 3 N–H and O–H groups in total. The van der Waals surface area contributed by atoms with Gasteiger partial charge in [0.1, 0.15) is 11.5 Å². The number of hydrogen-bond donors (Lipinski definition) is 2. The van der Waals surface area contributed by atoms with Crippen molar-refractivity contribution in [3.05, 3.63) is 5.82 Å². The summed E-state index contributed by atoms with van der Waals surface area (Å²) in [5.74, 6) is 2.71. The highest BCUT2D eigenvalue weighted by Crippen LogP contribution is 2.35. The molecule has 2 aliphatic carbocycles. The lowest BCUT2D eigenvalue weighted by molar-refractivity contribution is 0.324. The van der Waals surface area contributed by atoms with Gasteiger partial charge in [0.15, 0.2) is 5.82 Å². The van der Waals surface area contributed by atoms with E-state index in [1.807, 2.05) is 6.92 Å². The van der Waals surface area contributed by atoms with Gasteiger partial charge in [-0.05, 0) is 32.6 Å². The minimum Gasteiger partial charge on any atom is -0.476 e. The summed E-state index contributed by atoms with van der Waals surface area (Å²) in [7, 11) is 0. The lowest BCUT2D eigenvalue weighted by atomic mass is 9.88. The Bertz CT molecular complexity index is 494. The molecule has 0 spiro atoms. The lowest BCUT2D eigenvalue weighted by Crippen LogP contribution is -2.20. The van der Waals surface area contributed by atoms with Crippen molar-refractivity contribution in [3.8, 4) is 5.88 Å². The van der Waals surface area contributed by atoms with E-state index in [1.165, 1.54) is 57.8 Å². The zero-order valence-corrected chi connectivity index (χ0v) is 13.6. The van der Waals surface area contributed by atoms with E-state index in [0.29, 0.717) is 30.1 Å². The van der Waals surface area contributed by atoms with Crippen LogP contribution >= 0.6 is 0 Å². The summed E-state index contributed by atoms with van der Waals surface area (Å²) in [6, 6.07) is 0.492. The van der Waals surface area contributed by atoms with Crippen molar-refractivity contribution < 1.29 is 4.74 Å². The summed E-state index contributed by atoms with van der Waals surface area (Å²) >= 11 is 0. The van der Waals surface area contributed by atoms with Gasteiger partial charge in [0.2, 0.25) is 5.88 Å². The Balaban J connectivity index is 1.86. The molecule has 5 nitrogen and oxygen atoms in total. The second-order valence-electron chi connectivity index (χ2n) is 6.54. The maximum absolute atomic E-state index is 6.23. The molecule has 0 atom stereocenters. The third-order valence-electron chi connectivity index (χ3n) is 4.88. The average Bonchev–Trinajstić information content (AvgIpc) is 3.05. The van der Waals surface area contributed by atoms with Crippen molar-refractivity contribution in [2.75, 3.05) is 17.7 Å². The molecule has 122 valence electrons. The highest BCUT2D eigenvalue weighted by molar-refractivity contribution is 5.67. The second-order valence-corrected chi connectivity index (χ2v) is 6.54. The Hall–Kier alpha value is -1.52. The maximum Gasteiger partial charge on any atom is 0.242 e. The van der Waals surface area contributed by atoms with Crippen LogP contribution in [0.5, 0.6) is 5.88 Å². The van der Waals surface area contributed by atoms with Crippen molar-refractivity contribution >= 4 is 11.5 Å².